The van der Waals surface area contributed by atoms with Crippen molar-refractivity contribution >= 4 is 0 Å². The molecule has 2 N–H and O–H groups in total. The van der Waals surface area contributed by atoms with Crippen molar-refractivity contribution in [3.8, 4) is 0 Å². The molecule has 1 fully saturated rings. The van der Waals surface area contributed by atoms with Crippen molar-refractivity contribution in [2.75, 3.05) is 6.54 Å². The Kier molecular flexibility index (Phi) is 1.54. The molecule has 2 unspecified atom stereocenters. The average molecular weight is 175 g/mol. The fraction of sp³-hybridized carbons (Fsp3) is 0.400. The third kappa shape index (κ3) is 1.12. The zero-order valence-corrected chi connectivity index (χ0v) is 7.40. The topological polar surface area (TPSA) is 27.3 Å². The third-order valence-electron chi connectivity index (χ3n) is 2.77. The maximum absolute atomic E-state index is 3.57. The lowest BCUT2D eigenvalue weighted by atomic mass is 10.0. The predicted molar refractivity (Wildman–Crippen MR) is 51.5 cm³/mol. The SMILES string of the molecule is C1=CC2=CN3NCCC3NC2C=C1. The van der Waals surface area contributed by atoms with Gasteiger partial charge in [0, 0.05) is 12.7 Å². The second-order valence-electron chi connectivity index (χ2n) is 3.64. The first kappa shape index (κ1) is 7.35. The molecule has 2 heterocycles. The Balaban J connectivity index is 1.93. The van der Waals surface area contributed by atoms with Gasteiger partial charge in [-0.1, -0.05) is 24.3 Å². The van der Waals surface area contributed by atoms with Crippen LogP contribution in [0.4, 0.5) is 0 Å². The minimum absolute atomic E-state index is 0.422. The van der Waals surface area contributed by atoms with Gasteiger partial charge in [0.05, 0.1) is 12.2 Å². The van der Waals surface area contributed by atoms with Crippen molar-refractivity contribution in [2.45, 2.75) is 18.6 Å². The number of rotatable bonds is 0. The van der Waals surface area contributed by atoms with Crippen LogP contribution in [0.5, 0.6) is 0 Å². The summed E-state index contributed by atoms with van der Waals surface area (Å²) in [6.07, 6.45) is 12.4. The summed E-state index contributed by atoms with van der Waals surface area (Å²) < 4.78 is 0. The molecule has 0 aromatic carbocycles. The quantitative estimate of drug-likeness (QED) is 0.561. The van der Waals surface area contributed by atoms with E-state index < -0.39 is 0 Å². The Morgan fingerprint density at radius 3 is 3.38 bits per heavy atom. The van der Waals surface area contributed by atoms with Crippen LogP contribution in [0.3, 0.4) is 0 Å². The lowest BCUT2D eigenvalue weighted by molar-refractivity contribution is 0.214. The molecule has 0 amide bonds. The van der Waals surface area contributed by atoms with Crippen molar-refractivity contribution in [1.82, 2.24) is 15.8 Å². The van der Waals surface area contributed by atoms with Gasteiger partial charge in [0.25, 0.3) is 0 Å². The highest BCUT2D eigenvalue weighted by Gasteiger charge is 2.29. The number of hydrogen-bond acceptors (Lipinski definition) is 3. The van der Waals surface area contributed by atoms with E-state index in [1.54, 1.807) is 0 Å². The first-order chi connectivity index (χ1) is 6.43. The van der Waals surface area contributed by atoms with E-state index in [4.69, 9.17) is 0 Å². The normalized spacial score (nSPS) is 35.7. The van der Waals surface area contributed by atoms with Crippen molar-refractivity contribution in [2.24, 2.45) is 0 Å². The number of nitrogens with one attached hydrogen (secondary N) is 2. The van der Waals surface area contributed by atoms with Crippen molar-refractivity contribution in [3.63, 3.8) is 0 Å². The highest BCUT2D eigenvalue weighted by molar-refractivity contribution is 5.37. The van der Waals surface area contributed by atoms with Crippen LogP contribution in [0.15, 0.2) is 36.1 Å². The summed E-state index contributed by atoms with van der Waals surface area (Å²) in [5.74, 6) is 0. The number of hydrogen-bond donors (Lipinski definition) is 2. The van der Waals surface area contributed by atoms with E-state index in [0.717, 1.165) is 6.54 Å². The summed E-state index contributed by atoms with van der Waals surface area (Å²) >= 11 is 0. The van der Waals surface area contributed by atoms with E-state index >= 15 is 0 Å². The van der Waals surface area contributed by atoms with Gasteiger partial charge >= 0.3 is 0 Å². The molecule has 0 spiro atoms. The van der Waals surface area contributed by atoms with E-state index in [1.165, 1.54) is 12.0 Å². The summed E-state index contributed by atoms with van der Waals surface area (Å²) in [6.45, 7) is 1.07. The van der Waals surface area contributed by atoms with E-state index in [2.05, 4.69) is 46.3 Å². The van der Waals surface area contributed by atoms with Crippen LogP contribution in [0, 0.1) is 0 Å². The minimum Gasteiger partial charge on any atom is -0.298 e. The first-order valence-electron chi connectivity index (χ1n) is 4.78. The monoisotopic (exact) mass is 175 g/mol. The van der Waals surface area contributed by atoms with E-state index in [0.29, 0.717) is 12.2 Å². The highest BCUT2D eigenvalue weighted by Crippen LogP contribution is 2.21. The molecule has 1 saturated heterocycles. The van der Waals surface area contributed by atoms with Crippen LogP contribution >= 0.6 is 0 Å². The molecular weight excluding hydrogens is 162 g/mol. The molecule has 2 aliphatic heterocycles. The van der Waals surface area contributed by atoms with Crippen LogP contribution in [0.2, 0.25) is 0 Å². The van der Waals surface area contributed by atoms with Gasteiger partial charge < -0.3 is 0 Å². The Morgan fingerprint density at radius 1 is 1.38 bits per heavy atom. The standard InChI is InChI=1S/C10H13N3/c1-2-4-9-8(3-1)7-13-10(12-9)5-6-11-13/h1-4,7,9-12H,5-6H2. The molecule has 13 heavy (non-hydrogen) atoms. The largest absolute Gasteiger partial charge is 0.298 e. The number of fused-ring (bicyclic) bond motifs is 2. The van der Waals surface area contributed by atoms with E-state index in [1.807, 2.05) is 0 Å². The van der Waals surface area contributed by atoms with E-state index in [9.17, 15) is 0 Å². The summed E-state index contributed by atoms with van der Waals surface area (Å²) in [5, 5.41) is 5.75. The van der Waals surface area contributed by atoms with Gasteiger partial charge in [-0.15, -0.1) is 0 Å². The second kappa shape index (κ2) is 2.72. The van der Waals surface area contributed by atoms with Gasteiger partial charge in [0.2, 0.25) is 0 Å². The third-order valence-corrected chi connectivity index (χ3v) is 2.77. The van der Waals surface area contributed by atoms with Gasteiger partial charge in [-0.05, 0) is 12.0 Å². The van der Waals surface area contributed by atoms with Gasteiger partial charge in [0.1, 0.15) is 0 Å². The molecule has 0 radical (unpaired) electrons. The molecule has 3 rings (SSSR count). The smallest absolute Gasteiger partial charge is 0.0961 e. The first-order valence-corrected chi connectivity index (χ1v) is 4.78. The van der Waals surface area contributed by atoms with Crippen LogP contribution in [0.25, 0.3) is 0 Å². The number of nitrogens with zero attached hydrogens (tertiary/aromatic N) is 1. The number of hydrazine groups is 1. The van der Waals surface area contributed by atoms with Crippen molar-refractivity contribution < 1.29 is 0 Å². The lowest BCUT2D eigenvalue weighted by Gasteiger charge is -2.34. The molecule has 0 aromatic heterocycles. The number of allylic oxidation sites excluding steroid dienone is 2. The summed E-state index contributed by atoms with van der Waals surface area (Å²) in [6, 6.07) is 0.422. The van der Waals surface area contributed by atoms with Gasteiger partial charge in [-0.3, -0.25) is 10.3 Å². The summed E-state index contributed by atoms with van der Waals surface area (Å²) in [7, 11) is 0. The summed E-state index contributed by atoms with van der Waals surface area (Å²) in [5.41, 5.74) is 4.67. The maximum Gasteiger partial charge on any atom is 0.0961 e. The maximum atomic E-state index is 3.57. The Bertz CT molecular complexity index is 303. The van der Waals surface area contributed by atoms with Crippen LogP contribution in [-0.4, -0.2) is 23.8 Å². The van der Waals surface area contributed by atoms with Crippen molar-refractivity contribution in [1.29, 1.82) is 0 Å². The summed E-state index contributed by atoms with van der Waals surface area (Å²) in [4.78, 5) is 0. The minimum atomic E-state index is 0.422. The molecule has 3 aliphatic rings. The zero-order chi connectivity index (χ0) is 8.67. The Morgan fingerprint density at radius 2 is 2.38 bits per heavy atom. The second-order valence-corrected chi connectivity index (χ2v) is 3.64. The van der Waals surface area contributed by atoms with E-state index in [-0.39, 0.29) is 0 Å². The van der Waals surface area contributed by atoms with Crippen LogP contribution in [-0.2, 0) is 0 Å². The lowest BCUT2D eigenvalue weighted by Crippen LogP contribution is -2.51. The highest BCUT2D eigenvalue weighted by atomic mass is 15.6. The molecule has 3 nitrogen and oxygen atoms in total. The molecule has 2 atom stereocenters. The van der Waals surface area contributed by atoms with Gasteiger partial charge in [-0.25, -0.2) is 5.43 Å². The Hall–Kier alpha value is -1.06. The van der Waals surface area contributed by atoms with Crippen molar-refractivity contribution in [3.05, 3.63) is 36.1 Å². The van der Waals surface area contributed by atoms with Gasteiger partial charge in [-0.2, -0.15) is 0 Å². The molecule has 3 heteroatoms. The fourth-order valence-electron chi connectivity index (χ4n) is 2.08. The molecule has 1 aliphatic carbocycles. The molecular formula is C10H13N3. The fourth-order valence-corrected chi connectivity index (χ4v) is 2.08. The average Bonchev–Trinajstić information content (AvgIpc) is 2.61. The van der Waals surface area contributed by atoms with Crippen LogP contribution < -0.4 is 10.7 Å². The molecule has 0 bridgehead atoms. The zero-order valence-electron chi connectivity index (χ0n) is 7.40. The van der Waals surface area contributed by atoms with Crippen LogP contribution in [0.1, 0.15) is 6.42 Å². The molecule has 0 aromatic rings. The predicted octanol–water partition coefficient (Wildman–Crippen LogP) is 0.504. The molecule has 0 saturated carbocycles. The Labute approximate surface area is 77.8 Å². The molecule has 68 valence electrons. The van der Waals surface area contributed by atoms with Gasteiger partial charge in [0.15, 0.2) is 0 Å².